The van der Waals surface area contributed by atoms with E-state index in [1.807, 2.05) is 0 Å². The molecule has 0 bridgehead atoms. The first-order chi connectivity index (χ1) is 11.1. The van der Waals surface area contributed by atoms with Crippen LogP contribution in [0.5, 0.6) is 0 Å². The van der Waals surface area contributed by atoms with Crippen molar-refractivity contribution < 1.29 is 65.4 Å². The maximum absolute atomic E-state index is 5.68. The number of hydrogen-bond donors (Lipinski definition) is 2. The molecule has 138 valence electrons. The molecule has 2 aromatic rings. The van der Waals surface area contributed by atoms with Gasteiger partial charge in [0.1, 0.15) is 0 Å². The molecule has 0 aliphatic rings. The fourth-order valence-electron chi connectivity index (χ4n) is 3.05. The largest absolute Gasteiger partial charge is 0.337 e. The number of hydrogen-bond acceptors (Lipinski definition) is 2. The summed E-state index contributed by atoms with van der Waals surface area (Å²) in [5, 5.41) is 0. The third-order valence-electron chi connectivity index (χ3n) is 5.22. The molecule has 0 atom stereocenters. The van der Waals surface area contributed by atoms with Crippen LogP contribution in [0.4, 0.5) is 0 Å². The van der Waals surface area contributed by atoms with Gasteiger partial charge in [-0.25, -0.2) is 0 Å². The van der Waals surface area contributed by atoms with Crippen molar-refractivity contribution in [2.45, 2.75) is 68.5 Å². The molecular weight excluding hydrogens is 470 g/mol. The molecule has 0 aromatic heterocycles. The van der Waals surface area contributed by atoms with Gasteiger partial charge in [-0.15, -0.1) is 11.1 Å². The van der Waals surface area contributed by atoms with E-state index in [9.17, 15) is 0 Å². The zero-order valence-electron chi connectivity index (χ0n) is 17.7. The first kappa shape index (κ1) is 28.8. The van der Waals surface area contributed by atoms with Gasteiger partial charge < -0.3 is 11.5 Å². The summed E-state index contributed by atoms with van der Waals surface area (Å²) in [6.45, 7) is 18.1. The van der Waals surface area contributed by atoms with Crippen LogP contribution in [0, 0.1) is 67.5 Å². The van der Waals surface area contributed by atoms with E-state index >= 15 is 0 Å². The molecule has 0 spiro atoms. The standard InChI is InChI=1S/2C11H16N.2Y/c1-7-5-8(2)11(6-12)10(4)9(7)3;1-7-5-8(2)10(4)11(6-12)9(7)3;;/h2*6,12H2,1-4H3;;/q2*-1;;. The average Bonchev–Trinajstić information content (AvgIpc) is 2.53. The normalized spacial score (nSPS) is 9.62. The molecule has 2 aromatic carbocycles. The predicted molar refractivity (Wildman–Crippen MR) is 104 cm³/mol. The maximum atomic E-state index is 5.68. The predicted octanol–water partition coefficient (Wildman–Crippen LogP) is 4.35. The Balaban J connectivity index is 0. The minimum atomic E-state index is 0. The second-order valence-corrected chi connectivity index (χ2v) is 6.62. The number of benzene rings is 2. The van der Waals surface area contributed by atoms with Crippen molar-refractivity contribution in [3.05, 3.63) is 67.8 Å². The Morgan fingerprint density at radius 3 is 1.23 bits per heavy atom. The molecule has 2 nitrogen and oxygen atoms in total. The third kappa shape index (κ3) is 6.87. The van der Waals surface area contributed by atoms with Gasteiger partial charge >= 0.3 is 0 Å². The van der Waals surface area contributed by atoms with Crippen LogP contribution in [0.15, 0.2) is 0 Å². The molecule has 2 rings (SSSR count). The summed E-state index contributed by atoms with van der Waals surface area (Å²) in [7, 11) is 0. The fraction of sp³-hybridized carbons (Fsp3) is 0.455. The molecular formula is C22H32N2Y2-2. The Kier molecular flexibility index (Phi) is 14.3. The van der Waals surface area contributed by atoms with Gasteiger partial charge in [-0.3, -0.25) is 0 Å². The van der Waals surface area contributed by atoms with Crippen LogP contribution in [0.2, 0.25) is 0 Å². The molecule has 0 aliphatic carbocycles. The van der Waals surface area contributed by atoms with E-state index in [0.717, 1.165) is 0 Å². The second kappa shape index (κ2) is 12.9. The van der Waals surface area contributed by atoms with Gasteiger partial charge in [-0.05, 0) is 13.1 Å². The summed E-state index contributed by atoms with van der Waals surface area (Å²) in [6, 6.07) is 6.64. The van der Waals surface area contributed by atoms with E-state index in [-0.39, 0.29) is 65.4 Å². The van der Waals surface area contributed by atoms with Crippen LogP contribution in [0.3, 0.4) is 0 Å². The third-order valence-corrected chi connectivity index (χ3v) is 5.22. The number of aryl methyl sites for hydroxylation is 4. The summed E-state index contributed by atoms with van der Waals surface area (Å²) in [5.74, 6) is 0. The van der Waals surface area contributed by atoms with E-state index in [2.05, 4.69) is 67.5 Å². The van der Waals surface area contributed by atoms with Crippen LogP contribution in [-0.2, 0) is 78.5 Å². The van der Waals surface area contributed by atoms with Gasteiger partial charge in [0.25, 0.3) is 0 Å². The van der Waals surface area contributed by atoms with Crippen LogP contribution in [0.1, 0.15) is 55.6 Å². The SMILES string of the molecule is Cc1[c-]c(C)c(C)c(CN)c1C.Cc1[c-]c(C)c(CN)c(C)c1C.[Y].[Y]. The first-order valence-corrected chi connectivity index (χ1v) is 8.52. The fourth-order valence-corrected chi connectivity index (χ4v) is 3.05. The van der Waals surface area contributed by atoms with Crippen molar-refractivity contribution in [2.75, 3.05) is 0 Å². The summed E-state index contributed by atoms with van der Waals surface area (Å²) in [5.41, 5.74) is 24.0. The topological polar surface area (TPSA) is 52.0 Å². The van der Waals surface area contributed by atoms with E-state index < -0.39 is 0 Å². The van der Waals surface area contributed by atoms with Crippen LogP contribution >= 0.6 is 0 Å². The van der Waals surface area contributed by atoms with Crippen molar-refractivity contribution in [2.24, 2.45) is 11.5 Å². The second-order valence-electron chi connectivity index (χ2n) is 6.62. The minimum Gasteiger partial charge on any atom is -0.337 e. The summed E-state index contributed by atoms with van der Waals surface area (Å²) < 4.78 is 0. The van der Waals surface area contributed by atoms with E-state index in [0.29, 0.717) is 13.1 Å². The Morgan fingerprint density at radius 1 is 0.500 bits per heavy atom. The summed E-state index contributed by atoms with van der Waals surface area (Å²) in [4.78, 5) is 0. The number of rotatable bonds is 2. The molecule has 26 heavy (non-hydrogen) atoms. The molecule has 0 saturated heterocycles. The Labute approximate surface area is 211 Å². The summed E-state index contributed by atoms with van der Waals surface area (Å²) in [6.07, 6.45) is 0. The van der Waals surface area contributed by atoms with Gasteiger partial charge in [-0.2, -0.15) is 56.6 Å². The van der Waals surface area contributed by atoms with Crippen LogP contribution in [-0.4, -0.2) is 0 Å². The maximum Gasteiger partial charge on any atom is 0 e. The van der Waals surface area contributed by atoms with E-state index in [1.165, 1.54) is 55.6 Å². The Morgan fingerprint density at radius 2 is 0.846 bits per heavy atom. The van der Waals surface area contributed by atoms with E-state index in [4.69, 9.17) is 11.5 Å². The molecule has 0 unspecified atom stereocenters. The average molecular weight is 502 g/mol. The van der Waals surface area contributed by atoms with Gasteiger partial charge in [0.2, 0.25) is 0 Å². The first-order valence-electron chi connectivity index (χ1n) is 8.52. The smallest absolute Gasteiger partial charge is 0 e. The molecule has 0 amide bonds. The molecule has 0 fully saturated rings. The van der Waals surface area contributed by atoms with Gasteiger partial charge in [0, 0.05) is 65.4 Å². The Bertz CT molecular complexity index is 712. The van der Waals surface area contributed by atoms with Gasteiger partial charge in [0.05, 0.1) is 0 Å². The molecule has 4 N–H and O–H groups in total. The van der Waals surface area contributed by atoms with Crippen molar-refractivity contribution in [1.82, 2.24) is 0 Å². The van der Waals surface area contributed by atoms with E-state index in [1.54, 1.807) is 0 Å². The molecule has 4 heteroatoms. The van der Waals surface area contributed by atoms with Crippen molar-refractivity contribution in [1.29, 1.82) is 0 Å². The minimum absolute atomic E-state index is 0. The van der Waals surface area contributed by atoms with Crippen LogP contribution in [0.25, 0.3) is 0 Å². The van der Waals surface area contributed by atoms with Crippen LogP contribution < -0.4 is 11.5 Å². The molecule has 0 saturated carbocycles. The Hall–Kier alpha value is 0.568. The zero-order valence-corrected chi connectivity index (χ0v) is 23.4. The quantitative estimate of drug-likeness (QED) is 0.601. The number of nitrogens with two attached hydrogens (primary N) is 2. The van der Waals surface area contributed by atoms with Crippen molar-refractivity contribution in [3.63, 3.8) is 0 Å². The van der Waals surface area contributed by atoms with Gasteiger partial charge in [-0.1, -0.05) is 55.4 Å². The van der Waals surface area contributed by atoms with Crippen molar-refractivity contribution >= 4 is 0 Å². The molecule has 0 heterocycles. The van der Waals surface area contributed by atoms with Gasteiger partial charge in [0.15, 0.2) is 0 Å². The van der Waals surface area contributed by atoms with Crippen molar-refractivity contribution in [3.8, 4) is 0 Å². The monoisotopic (exact) mass is 502 g/mol. The zero-order chi connectivity index (χ0) is 18.6. The molecule has 2 radical (unpaired) electrons. The molecule has 0 aliphatic heterocycles. The summed E-state index contributed by atoms with van der Waals surface area (Å²) >= 11 is 0.